The van der Waals surface area contributed by atoms with Gasteiger partial charge < -0.3 is 10.1 Å². The monoisotopic (exact) mass is 239 g/mol. The fourth-order valence-corrected chi connectivity index (χ4v) is 1.29. The quantitative estimate of drug-likeness (QED) is 0.823. The van der Waals surface area contributed by atoms with Crippen LogP contribution in [0.1, 0.15) is 19.4 Å². The van der Waals surface area contributed by atoms with Gasteiger partial charge in [0.1, 0.15) is 12.4 Å². The summed E-state index contributed by atoms with van der Waals surface area (Å²) in [7, 11) is 0. The first kappa shape index (κ1) is 13.6. The summed E-state index contributed by atoms with van der Waals surface area (Å²) >= 11 is 0. The van der Waals surface area contributed by atoms with Crippen molar-refractivity contribution >= 4 is 5.91 Å². The fraction of sp³-hybridized carbons (Fsp3) is 0.462. The summed E-state index contributed by atoms with van der Waals surface area (Å²) in [5.74, 6) is -0.371. The van der Waals surface area contributed by atoms with Crippen molar-refractivity contribution in [2.75, 3.05) is 13.2 Å². The first-order valence-electron chi connectivity index (χ1n) is 5.70. The van der Waals surface area contributed by atoms with Crippen molar-refractivity contribution in [2.45, 2.75) is 26.4 Å². The molecule has 0 aromatic heterocycles. The number of ether oxygens (including phenoxy) is 1. The fourth-order valence-electron chi connectivity index (χ4n) is 1.29. The summed E-state index contributed by atoms with van der Waals surface area (Å²) < 4.78 is 17.8. The molecule has 0 spiro atoms. The van der Waals surface area contributed by atoms with Crippen molar-refractivity contribution in [1.29, 1.82) is 0 Å². The third-order valence-electron chi connectivity index (χ3n) is 2.20. The predicted octanol–water partition coefficient (Wildman–Crippen LogP) is 1.91. The van der Waals surface area contributed by atoms with Crippen molar-refractivity contribution in [3.8, 4) is 0 Å². The maximum absolute atomic E-state index is 12.6. The highest BCUT2D eigenvalue weighted by Crippen LogP contribution is 2.02. The van der Waals surface area contributed by atoms with Crippen LogP contribution in [0.25, 0.3) is 0 Å². The van der Waals surface area contributed by atoms with Gasteiger partial charge in [-0.1, -0.05) is 12.1 Å². The number of amides is 1. The van der Waals surface area contributed by atoms with Gasteiger partial charge in [0.2, 0.25) is 5.91 Å². The molecular formula is C13H18FNO2. The molecule has 0 radical (unpaired) electrons. The topological polar surface area (TPSA) is 38.3 Å². The molecule has 1 aromatic rings. The maximum atomic E-state index is 12.6. The van der Waals surface area contributed by atoms with E-state index < -0.39 is 0 Å². The van der Waals surface area contributed by atoms with Crippen molar-refractivity contribution in [1.82, 2.24) is 5.32 Å². The molecule has 0 bridgehead atoms. The summed E-state index contributed by atoms with van der Waals surface area (Å²) in [6.45, 7) is 4.38. The summed E-state index contributed by atoms with van der Waals surface area (Å²) in [6.07, 6.45) is 0.742. The lowest BCUT2D eigenvalue weighted by molar-refractivity contribution is -0.127. The summed E-state index contributed by atoms with van der Waals surface area (Å²) in [5.41, 5.74) is 0.997. The Morgan fingerprint density at radius 1 is 1.35 bits per heavy atom. The van der Waals surface area contributed by atoms with Crippen molar-refractivity contribution in [2.24, 2.45) is 0 Å². The molecule has 0 aliphatic heterocycles. The Morgan fingerprint density at radius 2 is 2.00 bits per heavy atom. The average molecular weight is 239 g/mol. The first-order chi connectivity index (χ1) is 8.08. The van der Waals surface area contributed by atoms with Crippen LogP contribution in [0.4, 0.5) is 4.39 Å². The Labute approximate surface area is 101 Å². The van der Waals surface area contributed by atoms with E-state index in [1.165, 1.54) is 12.1 Å². The highest BCUT2D eigenvalue weighted by atomic mass is 19.1. The van der Waals surface area contributed by atoms with E-state index in [0.29, 0.717) is 13.0 Å². The Bertz CT molecular complexity index is 349. The smallest absolute Gasteiger partial charge is 0.246 e. The largest absolute Gasteiger partial charge is 0.369 e. The standard InChI is InChI=1S/C13H18FNO2/c1-10(2)17-9-13(16)15-8-7-11-3-5-12(14)6-4-11/h3-6,10H,7-9H2,1-2H3,(H,15,16). The Kier molecular flexibility index (Phi) is 5.63. The van der Waals surface area contributed by atoms with Gasteiger partial charge in [0.15, 0.2) is 0 Å². The molecule has 1 amide bonds. The summed E-state index contributed by atoms with van der Waals surface area (Å²) in [5, 5.41) is 2.74. The predicted molar refractivity (Wildman–Crippen MR) is 64.2 cm³/mol. The molecule has 1 aromatic carbocycles. The Balaban J connectivity index is 2.19. The van der Waals surface area contributed by atoms with E-state index in [4.69, 9.17) is 4.74 Å². The number of hydrogen-bond acceptors (Lipinski definition) is 2. The molecule has 0 saturated carbocycles. The van der Waals surface area contributed by atoms with Gasteiger partial charge in [-0.05, 0) is 38.0 Å². The van der Waals surface area contributed by atoms with Crippen molar-refractivity contribution in [3.63, 3.8) is 0 Å². The molecule has 4 heteroatoms. The molecule has 0 heterocycles. The molecule has 0 atom stereocenters. The summed E-state index contributed by atoms with van der Waals surface area (Å²) in [6, 6.07) is 6.26. The van der Waals surface area contributed by atoms with Gasteiger partial charge in [-0.25, -0.2) is 4.39 Å². The molecule has 1 rings (SSSR count). The van der Waals surface area contributed by atoms with Crippen LogP contribution in [-0.2, 0) is 16.0 Å². The van der Waals surface area contributed by atoms with E-state index in [9.17, 15) is 9.18 Å². The Morgan fingerprint density at radius 3 is 2.59 bits per heavy atom. The van der Waals surface area contributed by atoms with E-state index in [0.717, 1.165) is 5.56 Å². The van der Waals surface area contributed by atoms with E-state index >= 15 is 0 Å². The number of carbonyl (C=O) groups is 1. The van der Waals surface area contributed by atoms with Crippen LogP contribution in [0.2, 0.25) is 0 Å². The maximum Gasteiger partial charge on any atom is 0.246 e. The van der Waals surface area contributed by atoms with Gasteiger partial charge in [-0.15, -0.1) is 0 Å². The lowest BCUT2D eigenvalue weighted by Crippen LogP contribution is -2.30. The molecule has 0 aliphatic rings. The number of benzene rings is 1. The minimum absolute atomic E-state index is 0.0536. The van der Waals surface area contributed by atoms with Crippen molar-refractivity contribution < 1.29 is 13.9 Å². The lowest BCUT2D eigenvalue weighted by Gasteiger charge is -2.08. The van der Waals surface area contributed by atoms with E-state index in [-0.39, 0.29) is 24.4 Å². The van der Waals surface area contributed by atoms with Crippen LogP contribution in [0.3, 0.4) is 0 Å². The zero-order valence-electron chi connectivity index (χ0n) is 10.2. The number of carbonyl (C=O) groups excluding carboxylic acids is 1. The summed E-state index contributed by atoms with van der Waals surface area (Å²) in [4.78, 5) is 11.3. The highest BCUT2D eigenvalue weighted by Gasteiger charge is 2.02. The Hall–Kier alpha value is -1.42. The van der Waals surface area contributed by atoms with Crippen LogP contribution >= 0.6 is 0 Å². The zero-order chi connectivity index (χ0) is 12.7. The zero-order valence-corrected chi connectivity index (χ0v) is 10.2. The minimum atomic E-state index is -0.247. The average Bonchev–Trinajstić information content (AvgIpc) is 2.29. The molecule has 0 aliphatic carbocycles. The highest BCUT2D eigenvalue weighted by molar-refractivity contribution is 5.77. The molecule has 3 nitrogen and oxygen atoms in total. The van der Waals surface area contributed by atoms with Crippen LogP contribution < -0.4 is 5.32 Å². The number of nitrogens with one attached hydrogen (secondary N) is 1. The number of rotatable bonds is 6. The van der Waals surface area contributed by atoms with Crippen LogP contribution in [0.5, 0.6) is 0 Å². The molecule has 94 valence electrons. The second kappa shape index (κ2) is 7.01. The normalized spacial score (nSPS) is 10.6. The van der Waals surface area contributed by atoms with Gasteiger partial charge in [0.25, 0.3) is 0 Å². The van der Waals surface area contributed by atoms with E-state index in [2.05, 4.69) is 5.32 Å². The van der Waals surface area contributed by atoms with Crippen molar-refractivity contribution in [3.05, 3.63) is 35.6 Å². The van der Waals surface area contributed by atoms with Gasteiger partial charge >= 0.3 is 0 Å². The van der Waals surface area contributed by atoms with Gasteiger partial charge in [0.05, 0.1) is 6.10 Å². The molecule has 0 unspecified atom stereocenters. The molecule has 17 heavy (non-hydrogen) atoms. The minimum Gasteiger partial charge on any atom is -0.369 e. The molecular weight excluding hydrogens is 221 g/mol. The second-order valence-electron chi connectivity index (χ2n) is 4.09. The first-order valence-corrected chi connectivity index (χ1v) is 5.70. The molecule has 0 fully saturated rings. The van der Waals surface area contributed by atoms with E-state index in [1.54, 1.807) is 12.1 Å². The van der Waals surface area contributed by atoms with Crippen LogP contribution in [-0.4, -0.2) is 25.2 Å². The SMILES string of the molecule is CC(C)OCC(=O)NCCc1ccc(F)cc1. The molecule has 1 N–H and O–H groups in total. The third-order valence-corrected chi connectivity index (χ3v) is 2.20. The number of hydrogen-bond donors (Lipinski definition) is 1. The number of halogens is 1. The van der Waals surface area contributed by atoms with Crippen LogP contribution in [0, 0.1) is 5.82 Å². The van der Waals surface area contributed by atoms with Gasteiger partial charge in [-0.2, -0.15) is 0 Å². The second-order valence-corrected chi connectivity index (χ2v) is 4.09. The van der Waals surface area contributed by atoms with E-state index in [1.807, 2.05) is 13.8 Å². The third kappa shape index (κ3) is 6.02. The van der Waals surface area contributed by atoms with Gasteiger partial charge in [-0.3, -0.25) is 4.79 Å². The van der Waals surface area contributed by atoms with Gasteiger partial charge in [0, 0.05) is 6.54 Å². The van der Waals surface area contributed by atoms with Crippen LogP contribution in [0.15, 0.2) is 24.3 Å². The lowest BCUT2D eigenvalue weighted by atomic mass is 10.1. The molecule has 0 saturated heterocycles.